The average molecular weight is 379 g/mol. The maximum atomic E-state index is 12.4. The minimum Gasteiger partial charge on any atom is -0.359 e. The molecule has 1 aromatic carbocycles. The molecule has 0 bridgehead atoms. The van der Waals surface area contributed by atoms with Crippen LogP contribution in [0.1, 0.15) is 6.42 Å². The average Bonchev–Trinajstić information content (AvgIpc) is 2.74. The van der Waals surface area contributed by atoms with Crippen LogP contribution in [-0.2, 0) is 9.59 Å². The highest BCUT2D eigenvalue weighted by Gasteiger charge is 2.39. The molecule has 2 heterocycles. The molecule has 1 fully saturated rings. The van der Waals surface area contributed by atoms with E-state index in [9.17, 15) is 19.2 Å². The highest BCUT2D eigenvalue weighted by molar-refractivity contribution is 9.10. The number of aromatic amines is 2. The number of carbonyl (C=O) groups excluding carboxylic acids is 2. The predicted molar refractivity (Wildman–Crippen MR) is 86.3 cm³/mol. The third kappa shape index (κ3) is 3.09. The molecule has 1 atom stereocenters. The Morgan fingerprint density at radius 1 is 1.09 bits per heavy atom. The van der Waals surface area contributed by atoms with Crippen LogP contribution in [0.25, 0.3) is 0 Å². The van der Waals surface area contributed by atoms with Gasteiger partial charge in [0.15, 0.2) is 0 Å². The minimum atomic E-state index is -0.844. The summed E-state index contributed by atoms with van der Waals surface area (Å²) in [6.07, 6.45) is -0.0657. The van der Waals surface area contributed by atoms with Gasteiger partial charge in [-0.25, -0.2) is 9.69 Å². The lowest BCUT2D eigenvalue weighted by atomic mass is 10.2. The Morgan fingerprint density at radius 2 is 1.78 bits per heavy atom. The smallest absolute Gasteiger partial charge is 0.327 e. The van der Waals surface area contributed by atoms with Gasteiger partial charge in [-0.05, 0) is 24.3 Å². The SMILES string of the molecule is O=C1C[C@H](Nc2cc(=O)[nH]c(=O)[nH]2)C(=O)N1c1ccc(Br)cc1. The summed E-state index contributed by atoms with van der Waals surface area (Å²) in [5.74, 6) is -0.719. The van der Waals surface area contributed by atoms with Gasteiger partial charge in [0.05, 0.1) is 12.1 Å². The maximum Gasteiger partial charge on any atom is 0.327 e. The van der Waals surface area contributed by atoms with E-state index in [0.717, 1.165) is 15.4 Å². The molecule has 0 radical (unpaired) electrons. The number of halogens is 1. The van der Waals surface area contributed by atoms with Crippen LogP contribution >= 0.6 is 15.9 Å². The molecule has 0 aliphatic carbocycles. The first-order chi connectivity index (χ1) is 10.9. The molecule has 9 heteroatoms. The number of rotatable bonds is 3. The molecule has 118 valence electrons. The number of benzene rings is 1. The molecule has 2 aromatic rings. The van der Waals surface area contributed by atoms with Crippen LogP contribution in [0.15, 0.2) is 44.4 Å². The fraction of sp³-hybridized carbons (Fsp3) is 0.143. The van der Waals surface area contributed by atoms with Crippen LogP contribution in [0.3, 0.4) is 0 Å². The fourth-order valence-electron chi connectivity index (χ4n) is 2.34. The van der Waals surface area contributed by atoms with Crippen LogP contribution in [0.4, 0.5) is 11.5 Å². The van der Waals surface area contributed by atoms with Gasteiger partial charge in [-0.2, -0.15) is 0 Å². The molecular formula is C14H11BrN4O4. The largest absolute Gasteiger partial charge is 0.359 e. The van der Waals surface area contributed by atoms with Gasteiger partial charge in [-0.15, -0.1) is 0 Å². The highest BCUT2D eigenvalue weighted by Crippen LogP contribution is 2.25. The van der Waals surface area contributed by atoms with Crippen LogP contribution in [-0.4, -0.2) is 27.8 Å². The molecule has 3 rings (SSSR count). The fourth-order valence-corrected chi connectivity index (χ4v) is 2.60. The monoisotopic (exact) mass is 378 g/mol. The second-order valence-corrected chi connectivity index (χ2v) is 5.86. The topological polar surface area (TPSA) is 115 Å². The Bertz CT molecular complexity index is 858. The van der Waals surface area contributed by atoms with Gasteiger partial charge < -0.3 is 5.32 Å². The lowest BCUT2D eigenvalue weighted by molar-refractivity contribution is -0.121. The second-order valence-electron chi connectivity index (χ2n) is 4.95. The zero-order valence-corrected chi connectivity index (χ0v) is 13.2. The van der Waals surface area contributed by atoms with E-state index in [1.54, 1.807) is 24.3 Å². The molecule has 0 spiro atoms. The van der Waals surface area contributed by atoms with Crippen LogP contribution in [0.2, 0.25) is 0 Å². The summed E-state index contributed by atoms with van der Waals surface area (Å²) in [5, 5.41) is 2.72. The number of nitrogens with zero attached hydrogens (tertiary/aromatic N) is 1. The first-order valence-electron chi connectivity index (χ1n) is 6.66. The van der Waals surface area contributed by atoms with Crippen molar-refractivity contribution >= 4 is 39.2 Å². The van der Waals surface area contributed by atoms with Gasteiger partial charge in [-0.1, -0.05) is 15.9 Å². The lowest BCUT2D eigenvalue weighted by Crippen LogP contribution is -2.35. The van der Waals surface area contributed by atoms with Crippen LogP contribution in [0, 0.1) is 0 Å². The Morgan fingerprint density at radius 3 is 2.43 bits per heavy atom. The number of aromatic nitrogens is 2. The number of anilines is 2. The van der Waals surface area contributed by atoms with Crippen molar-refractivity contribution in [2.45, 2.75) is 12.5 Å². The summed E-state index contributed by atoms with van der Waals surface area (Å²) < 4.78 is 0.830. The second kappa shape index (κ2) is 5.84. The van der Waals surface area contributed by atoms with E-state index >= 15 is 0 Å². The van der Waals surface area contributed by atoms with Crippen molar-refractivity contribution < 1.29 is 9.59 Å². The first-order valence-corrected chi connectivity index (χ1v) is 7.46. The van der Waals surface area contributed by atoms with E-state index in [1.165, 1.54) is 0 Å². The summed E-state index contributed by atoms with van der Waals surface area (Å²) in [5.41, 5.74) is -0.828. The number of H-pyrrole nitrogens is 2. The van der Waals surface area contributed by atoms with E-state index in [4.69, 9.17) is 0 Å². The third-order valence-electron chi connectivity index (χ3n) is 3.32. The molecule has 2 amide bonds. The summed E-state index contributed by atoms with van der Waals surface area (Å²) >= 11 is 3.29. The summed E-state index contributed by atoms with van der Waals surface area (Å²) in [6, 6.07) is 7.02. The Labute approximate surface area is 137 Å². The van der Waals surface area contributed by atoms with Gasteiger partial charge in [-0.3, -0.25) is 24.4 Å². The lowest BCUT2D eigenvalue weighted by Gasteiger charge is -2.15. The molecule has 8 nitrogen and oxygen atoms in total. The number of hydrogen-bond acceptors (Lipinski definition) is 5. The molecule has 1 aliphatic rings. The Balaban J connectivity index is 1.85. The van der Waals surface area contributed by atoms with Crippen molar-refractivity contribution in [2.24, 2.45) is 0 Å². The van der Waals surface area contributed by atoms with Gasteiger partial charge >= 0.3 is 5.69 Å². The summed E-state index contributed by atoms with van der Waals surface area (Å²) in [6.45, 7) is 0. The quantitative estimate of drug-likeness (QED) is 0.675. The van der Waals surface area contributed by atoms with Crippen molar-refractivity contribution in [3.8, 4) is 0 Å². The number of imide groups is 1. The van der Waals surface area contributed by atoms with Crippen molar-refractivity contribution in [2.75, 3.05) is 10.2 Å². The number of hydrogen-bond donors (Lipinski definition) is 3. The Hall–Kier alpha value is -2.68. The zero-order chi connectivity index (χ0) is 16.6. The van der Waals surface area contributed by atoms with Crippen molar-refractivity contribution in [1.82, 2.24) is 9.97 Å². The molecule has 1 saturated heterocycles. The molecule has 23 heavy (non-hydrogen) atoms. The van der Waals surface area contributed by atoms with E-state index in [-0.39, 0.29) is 18.1 Å². The molecular weight excluding hydrogens is 368 g/mol. The predicted octanol–water partition coefficient (Wildman–Crippen LogP) is 0.570. The van der Waals surface area contributed by atoms with E-state index in [0.29, 0.717) is 5.69 Å². The molecule has 0 saturated carbocycles. The third-order valence-corrected chi connectivity index (χ3v) is 3.85. The maximum absolute atomic E-state index is 12.4. The summed E-state index contributed by atoms with van der Waals surface area (Å²) in [4.78, 5) is 52.5. The molecule has 3 N–H and O–H groups in total. The summed E-state index contributed by atoms with van der Waals surface area (Å²) in [7, 11) is 0. The zero-order valence-electron chi connectivity index (χ0n) is 11.6. The van der Waals surface area contributed by atoms with Crippen molar-refractivity contribution in [3.05, 3.63) is 55.6 Å². The van der Waals surface area contributed by atoms with Gasteiger partial charge in [0.25, 0.3) is 11.5 Å². The molecule has 1 aliphatic heterocycles. The van der Waals surface area contributed by atoms with Crippen LogP contribution in [0.5, 0.6) is 0 Å². The van der Waals surface area contributed by atoms with Crippen molar-refractivity contribution in [3.63, 3.8) is 0 Å². The molecule has 1 aromatic heterocycles. The van der Waals surface area contributed by atoms with Gasteiger partial charge in [0, 0.05) is 10.5 Å². The van der Waals surface area contributed by atoms with E-state index < -0.39 is 23.2 Å². The van der Waals surface area contributed by atoms with Crippen LogP contribution < -0.4 is 21.5 Å². The van der Waals surface area contributed by atoms with Crippen molar-refractivity contribution in [1.29, 1.82) is 0 Å². The first kappa shape index (κ1) is 15.2. The molecule has 0 unspecified atom stereocenters. The van der Waals surface area contributed by atoms with E-state index in [1.807, 2.05) is 4.98 Å². The minimum absolute atomic E-state index is 0.0657. The standard InChI is InChI=1S/C14H11BrN4O4/c15-7-1-3-8(4-2-7)19-12(21)5-9(13(19)22)16-10-6-11(20)18-14(23)17-10/h1-4,6,9H,5H2,(H3,16,17,18,20,23)/t9-/m0/s1. The van der Waals surface area contributed by atoms with E-state index in [2.05, 4.69) is 26.2 Å². The Kier molecular flexibility index (Phi) is 3.87. The highest BCUT2D eigenvalue weighted by atomic mass is 79.9. The number of nitrogens with one attached hydrogen (secondary N) is 3. The van der Waals surface area contributed by atoms with Gasteiger partial charge in [0.1, 0.15) is 11.9 Å². The number of amides is 2. The number of carbonyl (C=O) groups is 2. The normalized spacial score (nSPS) is 17.6. The van der Waals surface area contributed by atoms with Gasteiger partial charge in [0.2, 0.25) is 5.91 Å².